The Labute approximate surface area is 220 Å². The van der Waals surface area contributed by atoms with Crippen molar-refractivity contribution in [3.8, 4) is 0 Å². The summed E-state index contributed by atoms with van der Waals surface area (Å²) in [5.74, 6) is 0. The van der Waals surface area contributed by atoms with Gasteiger partial charge in [-0.15, -0.1) is 0 Å². The molecule has 0 heteroatoms. The largest absolute Gasteiger partial charge is 0.0616 e. The van der Waals surface area contributed by atoms with Crippen molar-refractivity contribution in [1.29, 1.82) is 0 Å². The standard InChI is InChI=1S/C38H26/c1-19-31-21(3)35-29-17-9-14-26-25-13-6-5-10-24(25)18-30(38(26)29)36(35)22(4)32(31)20(2)34-28-16-8-12-23-11-7-15-27(33(19)34)37(23)28/h5-18H,1-4H3. The maximum absolute atomic E-state index is 2.44. The van der Waals surface area contributed by atoms with Crippen molar-refractivity contribution in [2.45, 2.75) is 27.7 Å². The third kappa shape index (κ3) is 2.17. The molecule has 0 aliphatic heterocycles. The predicted molar refractivity (Wildman–Crippen MR) is 168 cm³/mol. The fourth-order valence-electron chi connectivity index (χ4n) is 8.24. The molecule has 0 amide bonds. The fraction of sp³-hybridized carbons (Fsp3) is 0.105. The average Bonchev–Trinajstić information content (AvgIpc) is 3.46. The normalized spacial score (nSPS) is 12.7. The van der Waals surface area contributed by atoms with Gasteiger partial charge >= 0.3 is 0 Å². The number of aryl methyl sites for hydroxylation is 4. The van der Waals surface area contributed by atoms with Gasteiger partial charge in [0.05, 0.1) is 0 Å². The van der Waals surface area contributed by atoms with Gasteiger partial charge in [0.2, 0.25) is 0 Å². The van der Waals surface area contributed by atoms with Crippen LogP contribution in [0.4, 0.5) is 0 Å². The minimum Gasteiger partial charge on any atom is -0.0616 e. The lowest BCUT2D eigenvalue weighted by Gasteiger charge is -2.17. The van der Waals surface area contributed by atoms with E-state index in [-0.39, 0.29) is 0 Å². The first-order valence-corrected chi connectivity index (χ1v) is 13.6. The van der Waals surface area contributed by atoms with Crippen LogP contribution in [0.3, 0.4) is 0 Å². The first kappa shape index (κ1) is 20.6. The summed E-state index contributed by atoms with van der Waals surface area (Å²) < 4.78 is 0. The second-order valence-corrected chi connectivity index (χ2v) is 11.3. The monoisotopic (exact) mass is 482 g/mol. The summed E-state index contributed by atoms with van der Waals surface area (Å²) in [7, 11) is 0. The van der Waals surface area contributed by atoms with Gasteiger partial charge in [0.25, 0.3) is 0 Å². The second-order valence-electron chi connectivity index (χ2n) is 11.3. The molecule has 0 saturated heterocycles. The van der Waals surface area contributed by atoms with Crippen LogP contribution < -0.4 is 0 Å². The molecule has 0 aliphatic carbocycles. The molecule has 9 aromatic rings. The van der Waals surface area contributed by atoms with Gasteiger partial charge in [-0.1, -0.05) is 78.9 Å². The maximum Gasteiger partial charge on any atom is -0.00197 e. The Hall–Kier alpha value is -4.42. The molecule has 38 heavy (non-hydrogen) atoms. The predicted octanol–water partition coefficient (Wildman–Crippen LogP) is 11.0. The summed E-state index contributed by atoms with van der Waals surface area (Å²) in [4.78, 5) is 0. The maximum atomic E-state index is 2.44. The molecular formula is C38H26. The molecule has 0 radical (unpaired) electrons. The molecular weight excluding hydrogens is 456 g/mol. The van der Waals surface area contributed by atoms with E-state index < -0.39 is 0 Å². The number of hydrogen-bond acceptors (Lipinski definition) is 0. The van der Waals surface area contributed by atoms with E-state index in [2.05, 4.69) is 113 Å². The lowest BCUT2D eigenvalue weighted by Crippen LogP contribution is -1.93. The van der Waals surface area contributed by atoms with E-state index in [1.165, 1.54) is 108 Å². The first-order valence-electron chi connectivity index (χ1n) is 13.6. The van der Waals surface area contributed by atoms with Crippen molar-refractivity contribution >= 4 is 86.2 Å². The Balaban J connectivity index is 1.63. The van der Waals surface area contributed by atoms with Gasteiger partial charge in [0.1, 0.15) is 0 Å². The molecule has 0 aromatic heterocycles. The third-order valence-corrected chi connectivity index (χ3v) is 9.62. The Morgan fingerprint density at radius 1 is 0.289 bits per heavy atom. The Morgan fingerprint density at radius 2 is 0.711 bits per heavy atom. The summed E-state index contributed by atoms with van der Waals surface area (Å²) in [6, 6.07) is 31.8. The van der Waals surface area contributed by atoms with Crippen LogP contribution in [0.1, 0.15) is 22.3 Å². The van der Waals surface area contributed by atoms with E-state index in [1.54, 1.807) is 0 Å². The average molecular weight is 483 g/mol. The van der Waals surface area contributed by atoms with Crippen LogP contribution in [0.25, 0.3) is 86.2 Å². The molecule has 0 nitrogen and oxygen atoms in total. The molecule has 0 atom stereocenters. The van der Waals surface area contributed by atoms with Crippen LogP contribution in [-0.2, 0) is 0 Å². The SMILES string of the molecule is Cc1c2c(C)c3c4cccc5c6ccccc6cc(c3c(C)c2c(C)c2c3cccc6cccc(c12)c63)c54. The molecule has 178 valence electrons. The van der Waals surface area contributed by atoms with Crippen molar-refractivity contribution in [2.75, 3.05) is 0 Å². The molecule has 0 unspecified atom stereocenters. The highest BCUT2D eigenvalue weighted by atomic mass is 14.3. The Bertz CT molecular complexity index is 2470. The van der Waals surface area contributed by atoms with E-state index in [0.29, 0.717) is 0 Å². The van der Waals surface area contributed by atoms with E-state index in [1.807, 2.05) is 0 Å². The molecule has 9 aromatic carbocycles. The molecule has 0 heterocycles. The number of fused-ring (bicyclic) bond motifs is 9. The second kappa shape index (κ2) is 6.71. The minimum atomic E-state index is 1.32. The summed E-state index contributed by atoms with van der Waals surface area (Å²) in [6.45, 7) is 9.46. The van der Waals surface area contributed by atoms with Crippen LogP contribution in [0.5, 0.6) is 0 Å². The lowest BCUT2D eigenvalue weighted by atomic mass is 9.86. The first-order chi connectivity index (χ1) is 18.6. The van der Waals surface area contributed by atoms with Gasteiger partial charge in [-0.3, -0.25) is 0 Å². The van der Waals surface area contributed by atoms with E-state index >= 15 is 0 Å². The zero-order valence-corrected chi connectivity index (χ0v) is 22.1. The highest BCUT2D eigenvalue weighted by molar-refractivity contribution is 6.39. The van der Waals surface area contributed by atoms with Crippen LogP contribution in [-0.4, -0.2) is 0 Å². The molecule has 0 saturated carbocycles. The van der Waals surface area contributed by atoms with E-state index in [4.69, 9.17) is 0 Å². The minimum absolute atomic E-state index is 1.32. The molecule has 0 bridgehead atoms. The Kier molecular flexibility index (Phi) is 3.64. The van der Waals surface area contributed by atoms with Crippen molar-refractivity contribution in [3.05, 3.63) is 107 Å². The van der Waals surface area contributed by atoms with Crippen LogP contribution in [0.2, 0.25) is 0 Å². The van der Waals surface area contributed by atoms with Crippen LogP contribution in [0, 0.1) is 27.7 Å². The van der Waals surface area contributed by atoms with E-state index in [0.717, 1.165) is 0 Å². The smallest absolute Gasteiger partial charge is 0.00197 e. The fourth-order valence-corrected chi connectivity index (χ4v) is 8.24. The van der Waals surface area contributed by atoms with Crippen LogP contribution >= 0.6 is 0 Å². The van der Waals surface area contributed by atoms with Gasteiger partial charge in [0, 0.05) is 0 Å². The molecule has 0 N–H and O–H groups in total. The zero-order chi connectivity index (χ0) is 25.4. The highest BCUT2D eigenvalue weighted by Gasteiger charge is 2.24. The van der Waals surface area contributed by atoms with Crippen LogP contribution in [0.15, 0.2) is 84.9 Å². The van der Waals surface area contributed by atoms with Gasteiger partial charge in [-0.2, -0.15) is 0 Å². The molecule has 9 rings (SSSR count). The third-order valence-electron chi connectivity index (χ3n) is 9.62. The summed E-state index contributed by atoms with van der Waals surface area (Å²) in [5.41, 5.74) is 5.67. The Morgan fingerprint density at radius 3 is 1.32 bits per heavy atom. The number of benzene rings is 7. The van der Waals surface area contributed by atoms with E-state index in [9.17, 15) is 0 Å². The zero-order valence-electron chi connectivity index (χ0n) is 22.1. The highest BCUT2D eigenvalue weighted by Crippen LogP contribution is 2.51. The van der Waals surface area contributed by atoms with Gasteiger partial charge < -0.3 is 0 Å². The quantitative estimate of drug-likeness (QED) is 0.189. The van der Waals surface area contributed by atoms with Gasteiger partial charge in [0.15, 0.2) is 0 Å². The topological polar surface area (TPSA) is 0 Å². The lowest BCUT2D eigenvalue weighted by molar-refractivity contribution is 1.48. The molecule has 0 aliphatic rings. The molecule has 0 spiro atoms. The van der Waals surface area contributed by atoms with Gasteiger partial charge in [-0.25, -0.2) is 0 Å². The van der Waals surface area contributed by atoms with Crippen molar-refractivity contribution in [3.63, 3.8) is 0 Å². The van der Waals surface area contributed by atoms with Crippen molar-refractivity contribution < 1.29 is 0 Å². The summed E-state index contributed by atoms with van der Waals surface area (Å²) in [5, 5.41) is 22.4. The summed E-state index contributed by atoms with van der Waals surface area (Å²) >= 11 is 0. The number of rotatable bonds is 0. The van der Waals surface area contributed by atoms with Gasteiger partial charge in [-0.05, 0) is 142 Å². The summed E-state index contributed by atoms with van der Waals surface area (Å²) in [6.07, 6.45) is 0. The van der Waals surface area contributed by atoms with Crippen molar-refractivity contribution in [2.24, 2.45) is 0 Å². The molecule has 0 fully saturated rings. The van der Waals surface area contributed by atoms with Crippen molar-refractivity contribution in [1.82, 2.24) is 0 Å². The number of hydrogen-bond donors (Lipinski definition) is 0.